The van der Waals surface area contributed by atoms with Crippen LogP contribution in [0.2, 0.25) is 0 Å². The van der Waals surface area contributed by atoms with Gasteiger partial charge >= 0.3 is 5.97 Å². The van der Waals surface area contributed by atoms with Crippen LogP contribution in [0.25, 0.3) is 0 Å². The molecule has 2 aliphatic rings. The van der Waals surface area contributed by atoms with Gasteiger partial charge in [-0.2, -0.15) is 0 Å². The third-order valence-electron chi connectivity index (χ3n) is 5.80. The molecule has 0 spiro atoms. The van der Waals surface area contributed by atoms with Crippen molar-refractivity contribution in [1.82, 2.24) is 4.98 Å². The summed E-state index contributed by atoms with van der Waals surface area (Å²) >= 11 is 0. The number of aliphatic carboxylic acids is 1. The molecular formula is C22H25NO3. The maximum atomic E-state index is 11.5. The lowest BCUT2D eigenvalue weighted by Gasteiger charge is -2.21. The number of pyridine rings is 1. The third kappa shape index (κ3) is 3.74. The molecule has 2 aliphatic carbocycles. The largest absolute Gasteiger partial charge is 0.493 e. The maximum Gasteiger partial charge on any atom is 0.306 e. The van der Waals surface area contributed by atoms with Crippen LogP contribution in [0.4, 0.5) is 0 Å². The summed E-state index contributed by atoms with van der Waals surface area (Å²) < 4.78 is 6.05. The van der Waals surface area contributed by atoms with Gasteiger partial charge < -0.3 is 9.84 Å². The van der Waals surface area contributed by atoms with Crippen LogP contribution in [0.15, 0.2) is 48.8 Å². The summed E-state index contributed by atoms with van der Waals surface area (Å²) in [7, 11) is 0. The van der Waals surface area contributed by atoms with Crippen LogP contribution in [-0.2, 0) is 4.79 Å². The molecule has 1 N–H and O–H groups in total. The third-order valence-corrected chi connectivity index (χ3v) is 5.80. The average Bonchev–Trinajstić information content (AvgIpc) is 3.56. The van der Waals surface area contributed by atoms with Crippen LogP contribution in [0, 0.1) is 17.8 Å². The topological polar surface area (TPSA) is 59.4 Å². The number of aromatic nitrogens is 1. The van der Waals surface area contributed by atoms with Crippen molar-refractivity contribution in [2.24, 2.45) is 17.8 Å². The molecule has 1 aromatic carbocycles. The van der Waals surface area contributed by atoms with E-state index in [9.17, 15) is 9.90 Å². The molecule has 4 nitrogen and oxygen atoms in total. The maximum absolute atomic E-state index is 11.5. The van der Waals surface area contributed by atoms with E-state index < -0.39 is 5.97 Å². The van der Waals surface area contributed by atoms with Gasteiger partial charge in [-0.1, -0.05) is 25.1 Å². The van der Waals surface area contributed by atoms with Gasteiger partial charge in [0.05, 0.1) is 12.5 Å². The molecule has 0 aliphatic heterocycles. The molecule has 0 radical (unpaired) electrons. The predicted octanol–water partition coefficient (Wildman–Crippen LogP) is 4.48. The summed E-state index contributed by atoms with van der Waals surface area (Å²) in [5.74, 6) is 1.44. The molecule has 0 amide bonds. The van der Waals surface area contributed by atoms with E-state index in [1.807, 2.05) is 43.5 Å². The Morgan fingerprint density at radius 1 is 1.31 bits per heavy atom. The van der Waals surface area contributed by atoms with Gasteiger partial charge in [0.15, 0.2) is 0 Å². The minimum absolute atomic E-state index is 0.0834. The van der Waals surface area contributed by atoms with Gasteiger partial charge in [0.1, 0.15) is 5.75 Å². The summed E-state index contributed by atoms with van der Waals surface area (Å²) in [6.07, 6.45) is 7.15. The Hall–Kier alpha value is -2.36. The molecule has 0 bridgehead atoms. The second-order valence-electron chi connectivity index (χ2n) is 7.76. The first-order valence-corrected chi connectivity index (χ1v) is 9.49. The van der Waals surface area contributed by atoms with Gasteiger partial charge in [0.25, 0.3) is 0 Å². The van der Waals surface area contributed by atoms with Gasteiger partial charge in [0.2, 0.25) is 0 Å². The van der Waals surface area contributed by atoms with Crippen molar-refractivity contribution < 1.29 is 14.6 Å². The number of nitrogens with zero attached hydrogens (tertiary/aromatic N) is 1. The fraction of sp³-hybridized carbons (Fsp3) is 0.455. The number of carboxylic acid groups (broad SMARTS) is 1. The highest BCUT2D eigenvalue weighted by Crippen LogP contribution is 2.48. The molecule has 2 saturated carbocycles. The zero-order valence-corrected chi connectivity index (χ0v) is 15.0. The Kier molecular flexibility index (Phi) is 4.66. The number of benzene rings is 1. The molecule has 136 valence electrons. The summed E-state index contributed by atoms with van der Waals surface area (Å²) in [5, 5.41) is 9.45. The average molecular weight is 351 g/mol. The van der Waals surface area contributed by atoms with E-state index in [1.54, 1.807) is 6.20 Å². The Balaban J connectivity index is 1.39. The van der Waals surface area contributed by atoms with Gasteiger partial charge in [-0.05, 0) is 66.3 Å². The summed E-state index contributed by atoms with van der Waals surface area (Å²) in [4.78, 5) is 15.7. The van der Waals surface area contributed by atoms with E-state index in [0.29, 0.717) is 24.4 Å². The lowest BCUT2D eigenvalue weighted by molar-refractivity contribution is -0.142. The summed E-state index contributed by atoms with van der Waals surface area (Å²) in [6, 6.07) is 12.2. The SMILES string of the molecule is C[C@H](C(=O)O)[C@H](c1cccc(OC[C@H]2C[C@@H]2c2cccnc2)c1)C1CC1. The number of hydrogen-bond donors (Lipinski definition) is 1. The number of carboxylic acids is 1. The highest BCUT2D eigenvalue weighted by atomic mass is 16.5. The van der Waals surface area contributed by atoms with Crippen LogP contribution >= 0.6 is 0 Å². The van der Waals surface area contributed by atoms with E-state index in [-0.39, 0.29) is 11.8 Å². The minimum Gasteiger partial charge on any atom is -0.493 e. The van der Waals surface area contributed by atoms with Crippen LogP contribution in [0.1, 0.15) is 49.1 Å². The van der Waals surface area contributed by atoms with Crippen molar-refractivity contribution in [2.75, 3.05) is 6.61 Å². The van der Waals surface area contributed by atoms with Crippen LogP contribution in [0.3, 0.4) is 0 Å². The molecule has 4 rings (SSSR count). The zero-order valence-electron chi connectivity index (χ0n) is 15.0. The van der Waals surface area contributed by atoms with E-state index in [4.69, 9.17) is 4.74 Å². The zero-order chi connectivity index (χ0) is 18.1. The molecule has 0 unspecified atom stereocenters. The van der Waals surface area contributed by atoms with E-state index in [2.05, 4.69) is 11.1 Å². The first kappa shape index (κ1) is 17.1. The normalized spacial score (nSPS) is 23.9. The Morgan fingerprint density at radius 3 is 2.85 bits per heavy atom. The molecular weight excluding hydrogens is 326 g/mol. The number of carbonyl (C=O) groups is 1. The standard InChI is InChI=1S/C22H25NO3/c1-14(22(24)25)21(15-7-8-15)16-4-2-6-19(10-16)26-13-18-11-20(18)17-5-3-9-23-12-17/h2-6,9-10,12,14-15,18,20-21H,7-8,11,13H2,1H3,(H,24,25)/t14-,18+,20+,21-/m0/s1. The number of rotatable bonds is 8. The fourth-order valence-corrected chi connectivity index (χ4v) is 4.03. The predicted molar refractivity (Wildman–Crippen MR) is 99.3 cm³/mol. The smallest absolute Gasteiger partial charge is 0.306 e. The lowest BCUT2D eigenvalue weighted by atomic mass is 9.83. The van der Waals surface area contributed by atoms with Gasteiger partial charge in [0, 0.05) is 18.3 Å². The molecule has 0 saturated heterocycles. The van der Waals surface area contributed by atoms with Gasteiger partial charge in [-0.25, -0.2) is 0 Å². The van der Waals surface area contributed by atoms with Crippen LogP contribution < -0.4 is 4.74 Å². The first-order valence-electron chi connectivity index (χ1n) is 9.49. The van der Waals surface area contributed by atoms with Gasteiger partial charge in [-0.15, -0.1) is 0 Å². The highest BCUT2D eigenvalue weighted by Gasteiger charge is 2.40. The molecule has 1 heterocycles. The van der Waals surface area contributed by atoms with Crippen molar-refractivity contribution in [3.63, 3.8) is 0 Å². The van der Waals surface area contributed by atoms with Crippen molar-refractivity contribution >= 4 is 5.97 Å². The van der Waals surface area contributed by atoms with Crippen molar-refractivity contribution in [3.05, 3.63) is 59.9 Å². The lowest BCUT2D eigenvalue weighted by Crippen LogP contribution is -2.20. The molecule has 4 heteroatoms. The van der Waals surface area contributed by atoms with E-state index in [0.717, 1.165) is 30.6 Å². The van der Waals surface area contributed by atoms with Crippen LogP contribution in [0.5, 0.6) is 5.75 Å². The quantitative estimate of drug-likeness (QED) is 0.762. The highest BCUT2D eigenvalue weighted by molar-refractivity contribution is 5.71. The first-order chi connectivity index (χ1) is 12.6. The van der Waals surface area contributed by atoms with E-state index >= 15 is 0 Å². The van der Waals surface area contributed by atoms with Crippen LogP contribution in [-0.4, -0.2) is 22.7 Å². The van der Waals surface area contributed by atoms with Crippen molar-refractivity contribution in [1.29, 1.82) is 0 Å². The fourth-order valence-electron chi connectivity index (χ4n) is 4.03. The second-order valence-corrected chi connectivity index (χ2v) is 7.76. The Labute approximate surface area is 154 Å². The van der Waals surface area contributed by atoms with Gasteiger partial charge in [-0.3, -0.25) is 9.78 Å². The monoisotopic (exact) mass is 351 g/mol. The molecule has 2 aromatic rings. The summed E-state index contributed by atoms with van der Waals surface area (Å²) in [6.45, 7) is 2.52. The molecule has 26 heavy (non-hydrogen) atoms. The minimum atomic E-state index is -0.717. The van der Waals surface area contributed by atoms with E-state index in [1.165, 1.54) is 5.56 Å². The number of ether oxygens (including phenoxy) is 1. The Morgan fingerprint density at radius 2 is 2.15 bits per heavy atom. The number of hydrogen-bond acceptors (Lipinski definition) is 3. The second kappa shape index (κ2) is 7.10. The molecule has 4 atom stereocenters. The molecule has 1 aromatic heterocycles. The Bertz CT molecular complexity index is 772. The van der Waals surface area contributed by atoms with Crippen molar-refractivity contribution in [3.8, 4) is 5.75 Å². The van der Waals surface area contributed by atoms with Crippen molar-refractivity contribution in [2.45, 2.75) is 38.0 Å². The molecule has 2 fully saturated rings. The summed E-state index contributed by atoms with van der Waals surface area (Å²) in [5.41, 5.74) is 2.39.